The van der Waals surface area contributed by atoms with Crippen LogP contribution in [0, 0.1) is 5.82 Å². The zero-order valence-corrected chi connectivity index (χ0v) is 8.50. The van der Waals surface area contributed by atoms with Crippen molar-refractivity contribution in [2.75, 3.05) is 6.54 Å². The molecule has 0 radical (unpaired) electrons. The molecule has 1 N–H and O–H groups in total. The molecule has 2 nitrogen and oxygen atoms in total. The Labute approximate surface area is 88.5 Å². The van der Waals surface area contributed by atoms with Gasteiger partial charge in [-0.3, -0.25) is 4.79 Å². The van der Waals surface area contributed by atoms with Gasteiger partial charge in [-0.15, -0.1) is 0 Å². The standard InChI is InChI=1S/C12H14FNO/c13-11-4-2-10(3-5-11)12(6-1-7-12)8-14-9-15/h2-5,9H,1,6-8H2,(H,14,15). The van der Waals surface area contributed by atoms with Crippen LogP contribution in [0.3, 0.4) is 0 Å². The monoisotopic (exact) mass is 207 g/mol. The lowest BCUT2D eigenvalue weighted by Crippen LogP contribution is -2.43. The molecule has 1 aliphatic rings. The van der Waals surface area contributed by atoms with Gasteiger partial charge in [0.15, 0.2) is 0 Å². The molecule has 80 valence electrons. The Morgan fingerprint density at radius 3 is 2.47 bits per heavy atom. The molecule has 0 aromatic heterocycles. The second-order valence-electron chi connectivity index (χ2n) is 4.14. The Kier molecular flexibility index (Phi) is 2.71. The zero-order chi connectivity index (χ0) is 10.7. The van der Waals surface area contributed by atoms with Gasteiger partial charge in [0, 0.05) is 12.0 Å². The Balaban J connectivity index is 2.18. The minimum atomic E-state index is -0.212. The molecule has 1 saturated carbocycles. The Bertz CT molecular complexity index is 343. The average molecular weight is 207 g/mol. The summed E-state index contributed by atoms with van der Waals surface area (Å²) in [4.78, 5) is 10.3. The van der Waals surface area contributed by atoms with Gasteiger partial charge in [-0.1, -0.05) is 18.6 Å². The second-order valence-corrected chi connectivity index (χ2v) is 4.14. The largest absolute Gasteiger partial charge is 0.358 e. The van der Waals surface area contributed by atoms with Crippen LogP contribution in [0.5, 0.6) is 0 Å². The van der Waals surface area contributed by atoms with Crippen molar-refractivity contribution in [2.45, 2.75) is 24.7 Å². The molecule has 1 aromatic carbocycles. The Hall–Kier alpha value is -1.38. The molecular formula is C12H14FNO. The highest BCUT2D eigenvalue weighted by atomic mass is 19.1. The highest BCUT2D eigenvalue weighted by Crippen LogP contribution is 2.43. The Morgan fingerprint density at radius 1 is 1.33 bits per heavy atom. The van der Waals surface area contributed by atoms with Crippen molar-refractivity contribution in [1.29, 1.82) is 0 Å². The summed E-state index contributed by atoms with van der Waals surface area (Å²) in [5, 5.41) is 2.73. The summed E-state index contributed by atoms with van der Waals surface area (Å²) in [6.45, 7) is 0.655. The van der Waals surface area contributed by atoms with Crippen LogP contribution in [-0.4, -0.2) is 13.0 Å². The second kappa shape index (κ2) is 4.01. The van der Waals surface area contributed by atoms with Crippen molar-refractivity contribution in [3.05, 3.63) is 35.6 Å². The van der Waals surface area contributed by atoms with E-state index >= 15 is 0 Å². The molecule has 2 rings (SSSR count). The van der Waals surface area contributed by atoms with Gasteiger partial charge in [0.05, 0.1) is 0 Å². The number of nitrogens with one attached hydrogen (secondary N) is 1. The first-order valence-corrected chi connectivity index (χ1v) is 5.20. The van der Waals surface area contributed by atoms with Crippen molar-refractivity contribution >= 4 is 6.41 Å². The number of carbonyl (C=O) groups excluding carboxylic acids is 1. The molecule has 15 heavy (non-hydrogen) atoms. The fourth-order valence-electron chi connectivity index (χ4n) is 2.21. The summed E-state index contributed by atoms with van der Waals surface area (Å²) < 4.78 is 12.8. The van der Waals surface area contributed by atoms with Crippen LogP contribution in [0.25, 0.3) is 0 Å². The van der Waals surface area contributed by atoms with Gasteiger partial charge in [0.2, 0.25) is 6.41 Å². The fourth-order valence-corrected chi connectivity index (χ4v) is 2.21. The van der Waals surface area contributed by atoms with Crippen molar-refractivity contribution < 1.29 is 9.18 Å². The van der Waals surface area contributed by atoms with Crippen LogP contribution in [0.2, 0.25) is 0 Å². The fraction of sp³-hybridized carbons (Fsp3) is 0.417. The lowest BCUT2D eigenvalue weighted by Gasteiger charge is -2.42. The first-order chi connectivity index (χ1) is 7.27. The van der Waals surface area contributed by atoms with Crippen molar-refractivity contribution in [3.8, 4) is 0 Å². The predicted molar refractivity (Wildman–Crippen MR) is 56.0 cm³/mol. The van der Waals surface area contributed by atoms with E-state index in [1.54, 1.807) is 0 Å². The maximum Gasteiger partial charge on any atom is 0.207 e. The summed E-state index contributed by atoms with van der Waals surface area (Å²) in [5.41, 5.74) is 1.18. The molecular weight excluding hydrogens is 193 g/mol. The number of halogens is 1. The first kappa shape index (κ1) is 10.1. The summed E-state index contributed by atoms with van der Waals surface area (Å²) >= 11 is 0. The van der Waals surface area contributed by atoms with Crippen LogP contribution < -0.4 is 5.32 Å². The SMILES string of the molecule is O=CNCC1(c2ccc(F)cc2)CCC1. The highest BCUT2D eigenvalue weighted by molar-refractivity contribution is 5.47. The van der Waals surface area contributed by atoms with Gasteiger partial charge in [-0.2, -0.15) is 0 Å². The lowest BCUT2D eigenvalue weighted by atomic mass is 9.64. The lowest BCUT2D eigenvalue weighted by molar-refractivity contribution is -0.109. The van der Waals surface area contributed by atoms with E-state index in [0.717, 1.165) is 24.8 Å². The Morgan fingerprint density at radius 2 is 2.00 bits per heavy atom. The molecule has 1 aliphatic carbocycles. The van der Waals surface area contributed by atoms with Crippen molar-refractivity contribution in [3.63, 3.8) is 0 Å². The molecule has 0 heterocycles. The van der Waals surface area contributed by atoms with E-state index in [1.807, 2.05) is 12.1 Å². The van der Waals surface area contributed by atoms with E-state index in [4.69, 9.17) is 0 Å². The number of carbonyl (C=O) groups is 1. The van der Waals surface area contributed by atoms with E-state index in [2.05, 4.69) is 5.32 Å². The smallest absolute Gasteiger partial charge is 0.207 e. The summed E-state index contributed by atoms with van der Waals surface area (Å²) in [6.07, 6.45) is 4.04. The van der Waals surface area contributed by atoms with E-state index in [0.29, 0.717) is 6.54 Å². The van der Waals surface area contributed by atoms with Gasteiger partial charge in [-0.25, -0.2) is 4.39 Å². The van der Waals surface area contributed by atoms with Crippen LogP contribution in [-0.2, 0) is 10.2 Å². The van der Waals surface area contributed by atoms with Crippen molar-refractivity contribution in [2.24, 2.45) is 0 Å². The third-order valence-electron chi connectivity index (χ3n) is 3.29. The summed E-state index contributed by atoms with van der Waals surface area (Å²) in [6, 6.07) is 6.61. The van der Waals surface area contributed by atoms with E-state index in [-0.39, 0.29) is 11.2 Å². The van der Waals surface area contributed by atoms with Gasteiger partial charge < -0.3 is 5.32 Å². The van der Waals surface area contributed by atoms with Gasteiger partial charge >= 0.3 is 0 Å². The zero-order valence-electron chi connectivity index (χ0n) is 8.50. The van der Waals surface area contributed by atoms with Crippen LogP contribution in [0.15, 0.2) is 24.3 Å². The molecule has 1 amide bonds. The molecule has 1 fully saturated rings. The van der Waals surface area contributed by atoms with Crippen LogP contribution >= 0.6 is 0 Å². The molecule has 0 unspecified atom stereocenters. The van der Waals surface area contributed by atoms with Crippen LogP contribution in [0.1, 0.15) is 24.8 Å². The summed E-state index contributed by atoms with van der Waals surface area (Å²) in [5.74, 6) is -0.212. The van der Waals surface area contributed by atoms with Gasteiger partial charge in [0.25, 0.3) is 0 Å². The first-order valence-electron chi connectivity index (χ1n) is 5.20. The number of hydrogen-bond donors (Lipinski definition) is 1. The predicted octanol–water partition coefficient (Wildman–Crippen LogP) is 1.99. The third-order valence-corrected chi connectivity index (χ3v) is 3.29. The number of amides is 1. The third kappa shape index (κ3) is 1.87. The van der Waals surface area contributed by atoms with E-state index in [9.17, 15) is 9.18 Å². The van der Waals surface area contributed by atoms with E-state index in [1.165, 1.54) is 18.6 Å². The molecule has 0 bridgehead atoms. The van der Waals surface area contributed by atoms with Crippen molar-refractivity contribution in [1.82, 2.24) is 5.32 Å². The summed E-state index contributed by atoms with van der Waals surface area (Å²) in [7, 11) is 0. The maximum absolute atomic E-state index is 12.8. The molecule has 0 aliphatic heterocycles. The molecule has 1 aromatic rings. The van der Waals surface area contributed by atoms with Gasteiger partial charge in [-0.05, 0) is 30.5 Å². The quantitative estimate of drug-likeness (QED) is 0.752. The maximum atomic E-state index is 12.8. The van der Waals surface area contributed by atoms with Gasteiger partial charge in [0.1, 0.15) is 5.82 Å². The number of rotatable bonds is 4. The minimum Gasteiger partial charge on any atom is -0.358 e. The molecule has 0 atom stereocenters. The topological polar surface area (TPSA) is 29.1 Å². The normalized spacial score (nSPS) is 17.9. The number of hydrogen-bond acceptors (Lipinski definition) is 1. The average Bonchev–Trinajstić information content (AvgIpc) is 2.19. The minimum absolute atomic E-state index is 0.0502. The van der Waals surface area contributed by atoms with Crippen LogP contribution in [0.4, 0.5) is 4.39 Å². The molecule has 0 spiro atoms. The molecule has 3 heteroatoms. The highest BCUT2D eigenvalue weighted by Gasteiger charge is 2.38. The molecule has 0 saturated heterocycles. The number of benzene rings is 1. The van der Waals surface area contributed by atoms with E-state index < -0.39 is 0 Å².